The van der Waals surface area contributed by atoms with Crippen LogP contribution >= 0.6 is 0 Å². The van der Waals surface area contributed by atoms with Crippen molar-refractivity contribution in [3.8, 4) is 5.82 Å². The second kappa shape index (κ2) is 5.43. The van der Waals surface area contributed by atoms with Gasteiger partial charge >= 0.3 is 0 Å². The first-order chi connectivity index (χ1) is 9.81. The highest BCUT2D eigenvalue weighted by atomic mass is 19.1. The van der Waals surface area contributed by atoms with Gasteiger partial charge in [0.05, 0.1) is 0 Å². The van der Waals surface area contributed by atoms with Crippen LogP contribution in [0, 0.1) is 5.82 Å². The lowest BCUT2D eigenvalue weighted by Gasteiger charge is -2.06. The first-order valence-corrected chi connectivity index (χ1v) is 5.96. The quantitative estimate of drug-likeness (QED) is 0.783. The van der Waals surface area contributed by atoms with Crippen LogP contribution in [0.15, 0.2) is 49.3 Å². The second-order valence-corrected chi connectivity index (χ2v) is 4.08. The molecule has 0 saturated carbocycles. The van der Waals surface area contributed by atoms with Crippen molar-refractivity contribution in [1.82, 2.24) is 24.7 Å². The Bertz CT molecular complexity index is 680. The standard InChI is InChI=1S/C13H11FN6/c14-11-3-1-10(2-4-11)6-16-12-5-13(18-8-17-12)20-9-15-7-19-20/h1-5,7-9H,6H2,(H,16,17,18). The van der Waals surface area contributed by atoms with Gasteiger partial charge in [-0.15, -0.1) is 0 Å². The van der Waals surface area contributed by atoms with Gasteiger partial charge in [0.1, 0.15) is 30.6 Å². The number of rotatable bonds is 4. The molecule has 0 aliphatic heterocycles. The van der Waals surface area contributed by atoms with E-state index in [1.54, 1.807) is 29.2 Å². The number of hydrogen-bond acceptors (Lipinski definition) is 5. The molecule has 0 bridgehead atoms. The Hall–Kier alpha value is -2.83. The molecule has 0 aliphatic rings. The van der Waals surface area contributed by atoms with Gasteiger partial charge in [-0.25, -0.2) is 24.0 Å². The van der Waals surface area contributed by atoms with E-state index >= 15 is 0 Å². The molecule has 0 spiro atoms. The van der Waals surface area contributed by atoms with E-state index in [1.807, 2.05) is 0 Å². The molecule has 6 nitrogen and oxygen atoms in total. The number of anilines is 1. The molecule has 2 aromatic heterocycles. The number of halogens is 1. The Labute approximate surface area is 114 Å². The number of aromatic nitrogens is 5. The molecule has 0 atom stereocenters. The Kier molecular flexibility index (Phi) is 3.32. The van der Waals surface area contributed by atoms with Gasteiger partial charge in [0.25, 0.3) is 0 Å². The highest BCUT2D eigenvalue weighted by molar-refractivity contribution is 5.40. The monoisotopic (exact) mass is 270 g/mol. The number of hydrogen-bond donors (Lipinski definition) is 1. The van der Waals surface area contributed by atoms with Crippen molar-refractivity contribution in [1.29, 1.82) is 0 Å². The summed E-state index contributed by atoms with van der Waals surface area (Å²) in [4.78, 5) is 12.1. The Morgan fingerprint density at radius 3 is 2.70 bits per heavy atom. The van der Waals surface area contributed by atoms with Crippen LogP contribution in [-0.2, 0) is 6.54 Å². The SMILES string of the molecule is Fc1ccc(CNc2cc(-n3cncn3)ncn2)cc1. The molecule has 100 valence electrons. The lowest BCUT2D eigenvalue weighted by Crippen LogP contribution is -2.04. The maximum absolute atomic E-state index is 12.8. The largest absolute Gasteiger partial charge is 0.366 e. The lowest BCUT2D eigenvalue weighted by atomic mass is 10.2. The molecule has 2 heterocycles. The summed E-state index contributed by atoms with van der Waals surface area (Å²) < 4.78 is 14.3. The fourth-order valence-corrected chi connectivity index (χ4v) is 1.69. The first kappa shape index (κ1) is 12.2. The molecule has 3 aromatic rings. The zero-order chi connectivity index (χ0) is 13.8. The molecule has 0 amide bonds. The lowest BCUT2D eigenvalue weighted by molar-refractivity contribution is 0.627. The van der Waals surface area contributed by atoms with Crippen LogP contribution in [-0.4, -0.2) is 24.7 Å². The van der Waals surface area contributed by atoms with Crippen LogP contribution in [0.4, 0.5) is 10.2 Å². The smallest absolute Gasteiger partial charge is 0.160 e. The zero-order valence-corrected chi connectivity index (χ0v) is 10.4. The van der Waals surface area contributed by atoms with Crippen LogP contribution in [0.5, 0.6) is 0 Å². The van der Waals surface area contributed by atoms with E-state index in [-0.39, 0.29) is 5.82 Å². The fourth-order valence-electron chi connectivity index (χ4n) is 1.69. The normalized spacial score (nSPS) is 10.4. The maximum atomic E-state index is 12.8. The van der Waals surface area contributed by atoms with E-state index < -0.39 is 0 Å². The van der Waals surface area contributed by atoms with Crippen LogP contribution in [0.3, 0.4) is 0 Å². The second-order valence-electron chi connectivity index (χ2n) is 4.08. The van der Waals surface area contributed by atoms with Gasteiger partial charge in [0.15, 0.2) is 5.82 Å². The van der Waals surface area contributed by atoms with Gasteiger partial charge < -0.3 is 5.32 Å². The third-order valence-corrected chi connectivity index (χ3v) is 2.69. The topological polar surface area (TPSA) is 68.5 Å². The minimum absolute atomic E-state index is 0.246. The number of nitrogens with one attached hydrogen (secondary N) is 1. The predicted molar refractivity (Wildman–Crippen MR) is 70.7 cm³/mol. The van der Waals surface area contributed by atoms with Crippen molar-refractivity contribution in [3.05, 3.63) is 60.7 Å². The third kappa shape index (κ3) is 2.77. The van der Waals surface area contributed by atoms with Crippen LogP contribution in [0.2, 0.25) is 0 Å². The minimum Gasteiger partial charge on any atom is -0.366 e. The van der Waals surface area contributed by atoms with Crippen molar-refractivity contribution < 1.29 is 4.39 Å². The zero-order valence-electron chi connectivity index (χ0n) is 10.4. The molecule has 0 fully saturated rings. The molecule has 0 aliphatic carbocycles. The summed E-state index contributed by atoms with van der Waals surface area (Å²) in [5, 5.41) is 7.15. The van der Waals surface area contributed by atoms with Crippen molar-refractivity contribution >= 4 is 5.82 Å². The van der Waals surface area contributed by atoms with E-state index in [1.165, 1.54) is 24.8 Å². The summed E-state index contributed by atoms with van der Waals surface area (Å²) in [6.07, 6.45) is 4.45. The highest BCUT2D eigenvalue weighted by Gasteiger charge is 2.01. The Balaban J connectivity index is 1.72. The summed E-state index contributed by atoms with van der Waals surface area (Å²) in [5.74, 6) is 1.04. The number of nitrogens with zero attached hydrogens (tertiary/aromatic N) is 5. The Morgan fingerprint density at radius 2 is 1.95 bits per heavy atom. The van der Waals surface area contributed by atoms with Gasteiger partial charge in [-0.1, -0.05) is 12.1 Å². The van der Waals surface area contributed by atoms with Gasteiger partial charge in [0, 0.05) is 12.6 Å². The summed E-state index contributed by atoms with van der Waals surface area (Å²) in [7, 11) is 0. The van der Waals surface area contributed by atoms with Gasteiger partial charge in [-0.05, 0) is 17.7 Å². The summed E-state index contributed by atoms with van der Waals surface area (Å²) in [5.41, 5.74) is 0.965. The highest BCUT2D eigenvalue weighted by Crippen LogP contribution is 2.09. The van der Waals surface area contributed by atoms with Crippen LogP contribution < -0.4 is 5.32 Å². The summed E-state index contributed by atoms with van der Waals surface area (Å²) in [6, 6.07) is 8.07. The average molecular weight is 270 g/mol. The van der Waals surface area contributed by atoms with E-state index in [0.717, 1.165) is 5.56 Å². The molecule has 3 rings (SSSR count). The third-order valence-electron chi connectivity index (χ3n) is 2.69. The van der Waals surface area contributed by atoms with Crippen molar-refractivity contribution in [2.45, 2.75) is 6.54 Å². The molecule has 0 saturated heterocycles. The molecular weight excluding hydrogens is 259 g/mol. The van der Waals surface area contributed by atoms with Gasteiger partial charge in [-0.2, -0.15) is 5.10 Å². The number of benzene rings is 1. The molecule has 0 unspecified atom stereocenters. The van der Waals surface area contributed by atoms with Gasteiger partial charge in [-0.3, -0.25) is 0 Å². The summed E-state index contributed by atoms with van der Waals surface area (Å²) >= 11 is 0. The molecule has 20 heavy (non-hydrogen) atoms. The maximum Gasteiger partial charge on any atom is 0.160 e. The van der Waals surface area contributed by atoms with Crippen LogP contribution in [0.25, 0.3) is 5.82 Å². The first-order valence-electron chi connectivity index (χ1n) is 5.96. The Morgan fingerprint density at radius 1 is 1.10 bits per heavy atom. The van der Waals surface area contributed by atoms with E-state index in [2.05, 4.69) is 25.4 Å². The average Bonchev–Trinajstić information content (AvgIpc) is 3.01. The van der Waals surface area contributed by atoms with Crippen molar-refractivity contribution in [2.24, 2.45) is 0 Å². The molecule has 1 N–H and O–H groups in total. The van der Waals surface area contributed by atoms with Gasteiger partial charge in [0.2, 0.25) is 0 Å². The summed E-state index contributed by atoms with van der Waals surface area (Å²) in [6.45, 7) is 0.550. The predicted octanol–water partition coefficient (Wildman–Crippen LogP) is 1.81. The molecule has 0 radical (unpaired) electrons. The molecular formula is C13H11FN6. The fraction of sp³-hybridized carbons (Fsp3) is 0.0769. The minimum atomic E-state index is -0.246. The molecule has 7 heteroatoms. The van der Waals surface area contributed by atoms with E-state index in [0.29, 0.717) is 18.2 Å². The van der Waals surface area contributed by atoms with E-state index in [4.69, 9.17) is 0 Å². The van der Waals surface area contributed by atoms with Crippen LogP contribution in [0.1, 0.15) is 5.56 Å². The molecule has 1 aromatic carbocycles. The van der Waals surface area contributed by atoms with Crippen molar-refractivity contribution in [2.75, 3.05) is 5.32 Å². The van der Waals surface area contributed by atoms with Crippen molar-refractivity contribution in [3.63, 3.8) is 0 Å². The van der Waals surface area contributed by atoms with E-state index in [9.17, 15) is 4.39 Å².